The summed E-state index contributed by atoms with van der Waals surface area (Å²) in [6, 6.07) is 13.0. The predicted octanol–water partition coefficient (Wildman–Crippen LogP) is 2.93. The Bertz CT molecular complexity index is 954. The molecular weight excluding hydrogens is 394 g/mol. The molecule has 0 aromatic heterocycles. The van der Waals surface area contributed by atoms with Gasteiger partial charge >= 0.3 is 11.8 Å². The summed E-state index contributed by atoms with van der Waals surface area (Å²) in [4.78, 5) is 38.7. The first-order chi connectivity index (χ1) is 14.9. The number of carbonyl (C=O) groups excluding carboxylic acids is 3. The van der Waals surface area contributed by atoms with E-state index < -0.39 is 11.8 Å². The number of amides is 3. The number of fused-ring (bicyclic) bond motifs is 1. The van der Waals surface area contributed by atoms with Gasteiger partial charge in [-0.25, -0.2) is 0 Å². The maximum absolute atomic E-state index is 12.4. The number of hydrogen-bond acceptors (Lipinski definition) is 4. The maximum Gasteiger partial charge on any atom is 0.313 e. The Morgan fingerprint density at radius 2 is 1.81 bits per heavy atom. The van der Waals surface area contributed by atoms with E-state index in [1.165, 1.54) is 0 Å². The fourth-order valence-electron chi connectivity index (χ4n) is 3.60. The summed E-state index contributed by atoms with van der Waals surface area (Å²) < 4.78 is 5.12. The number of benzene rings is 2. The molecule has 7 heteroatoms. The van der Waals surface area contributed by atoms with Gasteiger partial charge in [-0.1, -0.05) is 26.0 Å². The van der Waals surface area contributed by atoms with Crippen LogP contribution >= 0.6 is 0 Å². The molecule has 3 rings (SSSR count). The summed E-state index contributed by atoms with van der Waals surface area (Å²) in [5, 5.41) is 5.29. The van der Waals surface area contributed by atoms with E-state index in [0.717, 1.165) is 35.4 Å². The monoisotopic (exact) mass is 423 g/mol. The molecule has 0 bridgehead atoms. The van der Waals surface area contributed by atoms with Gasteiger partial charge in [-0.3, -0.25) is 14.4 Å². The van der Waals surface area contributed by atoms with E-state index in [9.17, 15) is 14.4 Å². The smallest absolute Gasteiger partial charge is 0.313 e. The molecule has 7 nitrogen and oxygen atoms in total. The van der Waals surface area contributed by atoms with Gasteiger partial charge in [-0.15, -0.1) is 0 Å². The summed E-state index contributed by atoms with van der Waals surface area (Å²) in [5.41, 5.74) is 3.47. The Hall–Kier alpha value is -3.35. The predicted molar refractivity (Wildman–Crippen MR) is 120 cm³/mol. The number of ether oxygens (including phenoxy) is 1. The number of nitrogens with zero attached hydrogens (tertiary/aromatic N) is 1. The topological polar surface area (TPSA) is 87.7 Å². The van der Waals surface area contributed by atoms with E-state index in [2.05, 4.69) is 10.6 Å². The van der Waals surface area contributed by atoms with Crippen molar-refractivity contribution in [2.45, 2.75) is 33.1 Å². The number of anilines is 2. The maximum atomic E-state index is 12.4. The molecule has 0 spiro atoms. The van der Waals surface area contributed by atoms with Crippen LogP contribution in [0.4, 0.5) is 11.4 Å². The Morgan fingerprint density at radius 1 is 1.06 bits per heavy atom. The Morgan fingerprint density at radius 3 is 2.48 bits per heavy atom. The largest absolute Gasteiger partial charge is 0.497 e. The van der Waals surface area contributed by atoms with E-state index in [-0.39, 0.29) is 11.8 Å². The Labute approximate surface area is 182 Å². The van der Waals surface area contributed by atoms with Crippen molar-refractivity contribution >= 4 is 29.1 Å². The number of nitrogens with one attached hydrogen (secondary N) is 2. The van der Waals surface area contributed by atoms with E-state index in [0.29, 0.717) is 25.2 Å². The fraction of sp³-hybridized carbons (Fsp3) is 0.375. The lowest BCUT2D eigenvalue weighted by Gasteiger charge is -2.31. The first kappa shape index (κ1) is 22.3. The van der Waals surface area contributed by atoms with Gasteiger partial charge in [0, 0.05) is 30.4 Å². The van der Waals surface area contributed by atoms with Crippen LogP contribution in [0.15, 0.2) is 42.5 Å². The standard InChI is InChI=1S/C24H29N3O4/c1-16(2)24(30)27-14-4-5-18-15-19(8-11-21(18)27)26-23(29)22(28)25-13-12-17-6-9-20(31-3)10-7-17/h6-11,15-16H,4-5,12-14H2,1-3H3,(H,25,28)(H,26,29). The van der Waals surface area contributed by atoms with Gasteiger partial charge in [-0.2, -0.15) is 0 Å². The van der Waals surface area contributed by atoms with Crippen LogP contribution in [0.1, 0.15) is 31.4 Å². The molecule has 0 atom stereocenters. The van der Waals surface area contributed by atoms with Crippen molar-refractivity contribution in [2.75, 3.05) is 30.4 Å². The van der Waals surface area contributed by atoms with Crippen molar-refractivity contribution in [3.05, 3.63) is 53.6 Å². The second-order valence-corrected chi connectivity index (χ2v) is 7.90. The number of aryl methyl sites for hydroxylation is 1. The summed E-state index contributed by atoms with van der Waals surface area (Å²) in [7, 11) is 1.61. The molecular formula is C24H29N3O4. The highest BCUT2D eigenvalue weighted by Gasteiger charge is 2.25. The minimum atomic E-state index is -0.708. The zero-order chi connectivity index (χ0) is 22.4. The third-order valence-electron chi connectivity index (χ3n) is 5.28. The van der Waals surface area contributed by atoms with Gasteiger partial charge in [0.25, 0.3) is 0 Å². The number of methoxy groups -OCH3 is 1. The molecule has 2 aromatic carbocycles. The zero-order valence-electron chi connectivity index (χ0n) is 18.2. The molecule has 0 saturated carbocycles. The van der Waals surface area contributed by atoms with Crippen LogP contribution in [0.2, 0.25) is 0 Å². The molecule has 2 aromatic rings. The molecule has 0 saturated heterocycles. The van der Waals surface area contributed by atoms with E-state index in [1.807, 2.05) is 50.2 Å². The molecule has 1 aliphatic heterocycles. The lowest BCUT2D eigenvalue weighted by molar-refractivity contribution is -0.136. The highest BCUT2D eigenvalue weighted by atomic mass is 16.5. The van der Waals surface area contributed by atoms with Gasteiger partial charge in [0.1, 0.15) is 5.75 Å². The quantitative estimate of drug-likeness (QED) is 0.700. The highest BCUT2D eigenvalue weighted by molar-refractivity contribution is 6.39. The third kappa shape index (κ3) is 5.63. The SMILES string of the molecule is COc1ccc(CCNC(=O)C(=O)Nc2ccc3c(c2)CCCN3C(=O)C(C)C)cc1. The van der Waals surface area contributed by atoms with Crippen LogP contribution in [-0.4, -0.2) is 37.9 Å². The van der Waals surface area contributed by atoms with Crippen LogP contribution < -0.4 is 20.3 Å². The van der Waals surface area contributed by atoms with Crippen molar-refractivity contribution < 1.29 is 19.1 Å². The molecule has 0 unspecified atom stereocenters. The molecule has 0 aliphatic carbocycles. The van der Waals surface area contributed by atoms with Crippen LogP contribution in [0.3, 0.4) is 0 Å². The second-order valence-electron chi connectivity index (χ2n) is 7.90. The van der Waals surface area contributed by atoms with Crippen LogP contribution in [0, 0.1) is 5.92 Å². The molecule has 1 heterocycles. The van der Waals surface area contributed by atoms with Gasteiger partial charge < -0.3 is 20.3 Å². The second kappa shape index (κ2) is 10.1. The highest BCUT2D eigenvalue weighted by Crippen LogP contribution is 2.30. The minimum absolute atomic E-state index is 0.0769. The van der Waals surface area contributed by atoms with Gasteiger partial charge in [0.05, 0.1) is 7.11 Å². The number of hydrogen-bond donors (Lipinski definition) is 2. The van der Waals surface area contributed by atoms with Crippen LogP contribution in [-0.2, 0) is 27.2 Å². The molecule has 164 valence electrons. The molecule has 31 heavy (non-hydrogen) atoms. The molecule has 2 N–H and O–H groups in total. The molecule has 3 amide bonds. The van der Waals surface area contributed by atoms with Crippen LogP contribution in [0.5, 0.6) is 5.75 Å². The molecule has 0 radical (unpaired) electrons. The van der Waals surface area contributed by atoms with Gasteiger partial charge in [0.15, 0.2) is 0 Å². The van der Waals surface area contributed by atoms with Crippen molar-refractivity contribution in [2.24, 2.45) is 5.92 Å². The summed E-state index contributed by atoms with van der Waals surface area (Å²) >= 11 is 0. The van der Waals surface area contributed by atoms with Crippen molar-refractivity contribution in [3.8, 4) is 5.75 Å². The van der Waals surface area contributed by atoms with Crippen molar-refractivity contribution in [3.63, 3.8) is 0 Å². The number of rotatable bonds is 6. The fourth-order valence-corrected chi connectivity index (χ4v) is 3.60. The van der Waals surface area contributed by atoms with Gasteiger partial charge in [-0.05, 0) is 60.7 Å². The normalized spacial score (nSPS) is 12.8. The lowest BCUT2D eigenvalue weighted by Crippen LogP contribution is -2.38. The lowest BCUT2D eigenvalue weighted by atomic mass is 9.99. The molecule has 0 fully saturated rings. The summed E-state index contributed by atoms with van der Waals surface area (Å²) in [6.07, 6.45) is 2.31. The minimum Gasteiger partial charge on any atom is -0.497 e. The van der Waals surface area contributed by atoms with E-state index in [1.54, 1.807) is 18.1 Å². The average molecular weight is 424 g/mol. The Balaban J connectivity index is 1.55. The van der Waals surface area contributed by atoms with Gasteiger partial charge in [0.2, 0.25) is 5.91 Å². The average Bonchev–Trinajstić information content (AvgIpc) is 2.78. The summed E-state index contributed by atoms with van der Waals surface area (Å²) in [6.45, 7) is 4.83. The third-order valence-corrected chi connectivity index (χ3v) is 5.28. The zero-order valence-corrected chi connectivity index (χ0v) is 18.2. The number of carbonyl (C=O) groups is 3. The first-order valence-electron chi connectivity index (χ1n) is 10.6. The molecule has 1 aliphatic rings. The van der Waals surface area contributed by atoms with Crippen molar-refractivity contribution in [1.82, 2.24) is 5.32 Å². The van der Waals surface area contributed by atoms with Crippen molar-refractivity contribution in [1.29, 1.82) is 0 Å². The van der Waals surface area contributed by atoms with E-state index >= 15 is 0 Å². The van der Waals surface area contributed by atoms with E-state index in [4.69, 9.17) is 4.74 Å². The summed E-state index contributed by atoms with van der Waals surface area (Å²) in [5.74, 6) is -0.599. The first-order valence-corrected chi connectivity index (χ1v) is 10.6. The Kier molecular flexibility index (Phi) is 7.28. The van der Waals surface area contributed by atoms with Crippen LogP contribution in [0.25, 0.3) is 0 Å².